The molecule has 0 aliphatic carbocycles. The molecule has 13 heavy (non-hydrogen) atoms. The van der Waals surface area contributed by atoms with Crippen molar-refractivity contribution in [3.63, 3.8) is 0 Å². The normalized spacial score (nSPS) is 10.0. The van der Waals surface area contributed by atoms with Gasteiger partial charge in [-0.1, -0.05) is 15.9 Å². The molecule has 0 heterocycles. The van der Waals surface area contributed by atoms with E-state index in [-0.39, 0.29) is 28.1 Å². The highest BCUT2D eigenvalue weighted by Crippen LogP contribution is 2.22. The first-order chi connectivity index (χ1) is 6.06. The Morgan fingerprint density at radius 2 is 1.85 bits per heavy atom. The molecule has 0 saturated heterocycles. The number of hydrogen-bond acceptors (Lipinski definition) is 3. The van der Waals surface area contributed by atoms with E-state index in [1.54, 1.807) is 0 Å². The van der Waals surface area contributed by atoms with Crippen molar-refractivity contribution in [3.8, 4) is 0 Å². The zero-order chi connectivity index (χ0) is 10.0. The number of carbonyl (C=O) groups is 1. The van der Waals surface area contributed by atoms with Gasteiger partial charge >= 0.3 is 0 Å². The smallest absolute Gasteiger partial charge is 0.177 e. The molecule has 0 atom stereocenters. The second-order valence-electron chi connectivity index (χ2n) is 2.52. The van der Waals surface area contributed by atoms with E-state index in [2.05, 4.69) is 15.9 Å². The molecule has 0 fully saturated rings. The quantitative estimate of drug-likeness (QED) is 0.473. The van der Waals surface area contributed by atoms with Crippen LogP contribution in [0.2, 0.25) is 0 Å². The Morgan fingerprint density at radius 1 is 1.38 bits per heavy atom. The van der Waals surface area contributed by atoms with Gasteiger partial charge in [0, 0.05) is 11.4 Å². The second kappa shape index (κ2) is 3.74. The number of halogens is 2. The minimum atomic E-state index is -0.541. The van der Waals surface area contributed by atoms with Crippen LogP contribution < -0.4 is 11.5 Å². The Hall–Kier alpha value is -1.10. The van der Waals surface area contributed by atoms with Crippen LogP contribution in [-0.4, -0.2) is 11.1 Å². The molecule has 1 aromatic rings. The lowest BCUT2D eigenvalue weighted by Gasteiger charge is -2.06. The van der Waals surface area contributed by atoms with Crippen molar-refractivity contribution in [3.05, 3.63) is 23.5 Å². The molecular weight excluding hydrogens is 239 g/mol. The first-order valence-electron chi connectivity index (χ1n) is 3.50. The zero-order valence-electron chi connectivity index (χ0n) is 6.68. The van der Waals surface area contributed by atoms with Crippen LogP contribution in [-0.2, 0) is 0 Å². The van der Waals surface area contributed by atoms with Crippen molar-refractivity contribution in [1.29, 1.82) is 0 Å². The number of ketones is 1. The minimum Gasteiger partial charge on any atom is -0.398 e. The van der Waals surface area contributed by atoms with E-state index >= 15 is 0 Å². The summed E-state index contributed by atoms with van der Waals surface area (Å²) in [5.41, 5.74) is 11.2. The van der Waals surface area contributed by atoms with E-state index < -0.39 is 5.82 Å². The molecule has 0 aromatic heterocycles. The zero-order valence-corrected chi connectivity index (χ0v) is 8.27. The van der Waals surface area contributed by atoms with Crippen molar-refractivity contribution < 1.29 is 9.18 Å². The summed E-state index contributed by atoms with van der Waals surface area (Å²) in [7, 11) is 0. The van der Waals surface area contributed by atoms with Crippen LogP contribution >= 0.6 is 15.9 Å². The van der Waals surface area contributed by atoms with Gasteiger partial charge in [0.25, 0.3) is 0 Å². The summed E-state index contributed by atoms with van der Waals surface area (Å²) in [5.74, 6) is -0.795. The summed E-state index contributed by atoms with van der Waals surface area (Å²) in [6.07, 6.45) is 0. The van der Waals surface area contributed by atoms with Crippen molar-refractivity contribution in [2.75, 3.05) is 16.8 Å². The lowest BCUT2D eigenvalue weighted by atomic mass is 10.1. The van der Waals surface area contributed by atoms with Gasteiger partial charge in [0.05, 0.1) is 10.9 Å². The monoisotopic (exact) mass is 246 g/mol. The van der Waals surface area contributed by atoms with Gasteiger partial charge in [-0.15, -0.1) is 0 Å². The van der Waals surface area contributed by atoms with Gasteiger partial charge in [-0.2, -0.15) is 0 Å². The fourth-order valence-electron chi connectivity index (χ4n) is 1.04. The predicted molar refractivity (Wildman–Crippen MR) is 53.3 cm³/mol. The van der Waals surface area contributed by atoms with Crippen LogP contribution in [0.15, 0.2) is 12.1 Å². The highest BCUT2D eigenvalue weighted by molar-refractivity contribution is 9.09. The van der Waals surface area contributed by atoms with E-state index in [1.807, 2.05) is 0 Å². The fourth-order valence-corrected chi connectivity index (χ4v) is 1.32. The van der Waals surface area contributed by atoms with Crippen LogP contribution in [0, 0.1) is 5.82 Å². The lowest BCUT2D eigenvalue weighted by Crippen LogP contribution is -2.09. The molecule has 3 nitrogen and oxygen atoms in total. The van der Waals surface area contributed by atoms with Crippen LogP contribution in [0.5, 0.6) is 0 Å². The number of nitrogen functional groups attached to an aromatic ring is 2. The molecule has 1 aromatic carbocycles. The maximum atomic E-state index is 12.7. The summed E-state index contributed by atoms with van der Waals surface area (Å²) in [6, 6.07) is 2.15. The predicted octanol–water partition coefficient (Wildman–Crippen LogP) is 1.57. The molecule has 0 amide bonds. The SMILES string of the molecule is Nc1cc(F)cc(N)c1C(=O)CBr. The van der Waals surface area contributed by atoms with Gasteiger partial charge < -0.3 is 11.5 Å². The Morgan fingerprint density at radius 3 is 2.23 bits per heavy atom. The molecule has 0 aliphatic heterocycles. The maximum absolute atomic E-state index is 12.7. The average molecular weight is 247 g/mol. The Kier molecular flexibility index (Phi) is 2.87. The molecule has 1 rings (SSSR count). The number of nitrogens with two attached hydrogens (primary N) is 2. The van der Waals surface area contributed by atoms with E-state index in [1.165, 1.54) is 0 Å². The minimum absolute atomic E-state index is 0.0713. The lowest BCUT2D eigenvalue weighted by molar-refractivity contribution is 0.102. The fraction of sp³-hybridized carbons (Fsp3) is 0.125. The topological polar surface area (TPSA) is 69.1 Å². The Bertz CT molecular complexity index is 331. The van der Waals surface area contributed by atoms with E-state index in [0.29, 0.717) is 0 Å². The molecule has 0 spiro atoms. The van der Waals surface area contributed by atoms with Crippen molar-refractivity contribution in [2.24, 2.45) is 0 Å². The van der Waals surface area contributed by atoms with Crippen LogP contribution in [0.3, 0.4) is 0 Å². The molecule has 4 N–H and O–H groups in total. The third kappa shape index (κ3) is 1.98. The van der Waals surface area contributed by atoms with Gasteiger partial charge in [-0.3, -0.25) is 4.79 Å². The van der Waals surface area contributed by atoms with Gasteiger partial charge in [0.15, 0.2) is 5.78 Å². The van der Waals surface area contributed by atoms with E-state index in [0.717, 1.165) is 12.1 Å². The number of rotatable bonds is 2. The summed E-state index contributed by atoms with van der Waals surface area (Å²) in [4.78, 5) is 11.2. The third-order valence-electron chi connectivity index (χ3n) is 1.56. The van der Waals surface area contributed by atoms with E-state index in [4.69, 9.17) is 11.5 Å². The molecular formula is C8H8BrFN2O. The van der Waals surface area contributed by atoms with Gasteiger partial charge in [0.2, 0.25) is 0 Å². The molecule has 0 aliphatic rings. The number of Topliss-reactive ketones (excluding diaryl/α,β-unsaturated/α-hetero) is 1. The highest BCUT2D eigenvalue weighted by atomic mass is 79.9. The molecule has 5 heteroatoms. The van der Waals surface area contributed by atoms with Gasteiger partial charge in [-0.25, -0.2) is 4.39 Å². The molecule has 0 saturated carbocycles. The van der Waals surface area contributed by atoms with Crippen LogP contribution in [0.25, 0.3) is 0 Å². The number of carbonyl (C=O) groups excluding carboxylic acids is 1. The van der Waals surface area contributed by atoms with E-state index in [9.17, 15) is 9.18 Å². The largest absolute Gasteiger partial charge is 0.398 e. The first kappa shape index (κ1) is 9.98. The molecule has 0 radical (unpaired) electrons. The number of anilines is 2. The number of alkyl halides is 1. The van der Waals surface area contributed by atoms with Crippen molar-refractivity contribution in [1.82, 2.24) is 0 Å². The van der Waals surface area contributed by atoms with Crippen molar-refractivity contribution in [2.45, 2.75) is 0 Å². The number of benzene rings is 1. The summed E-state index contributed by atoms with van der Waals surface area (Å²) < 4.78 is 12.7. The average Bonchev–Trinajstić information content (AvgIpc) is 2.02. The van der Waals surface area contributed by atoms with Crippen molar-refractivity contribution >= 4 is 33.1 Å². The van der Waals surface area contributed by atoms with Gasteiger partial charge in [-0.05, 0) is 12.1 Å². The standard InChI is InChI=1S/C8H8BrFN2O/c9-3-7(13)8-5(11)1-4(10)2-6(8)12/h1-2H,3,11-12H2. The number of hydrogen-bond donors (Lipinski definition) is 2. The van der Waals surface area contributed by atoms with Crippen LogP contribution in [0.1, 0.15) is 10.4 Å². The second-order valence-corrected chi connectivity index (χ2v) is 3.08. The Balaban J connectivity index is 3.28. The molecule has 0 unspecified atom stereocenters. The first-order valence-corrected chi connectivity index (χ1v) is 4.62. The van der Waals surface area contributed by atoms with Gasteiger partial charge in [0.1, 0.15) is 5.82 Å². The third-order valence-corrected chi connectivity index (χ3v) is 2.07. The highest BCUT2D eigenvalue weighted by Gasteiger charge is 2.13. The maximum Gasteiger partial charge on any atom is 0.177 e. The van der Waals surface area contributed by atoms with Crippen LogP contribution in [0.4, 0.5) is 15.8 Å². The molecule has 70 valence electrons. The summed E-state index contributed by atoms with van der Waals surface area (Å²) >= 11 is 2.98. The Labute approximate surface area is 83.0 Å². The summed E-state index contributed by atoms with van der Waals surface area (Å²) in [6.45, 7) is 0. The molecule has 0 bridgehead atoms. The summed E-state index contributed by atoms with van der Waals surface area (Å²) in [5, 5.41) is 0.118.